The van der Waals surface area contributed by atoms with Gasteiger partial charge >= 0.3 is 0 Å². The maximum absolute atomic E-state index is 12.4. The van der Waals surface area contributed by atoms with Gasteiger partial charge in [-0.3, -0.25) is 9.36 Å². The van der Waals surface area contributed by atoms with E-state index in [4.69, 9.17) is 4.74 Å². The first kappa shape index (κ1) is 19.9. The predicted molar refractivity (Wildman–Crippen MR) is 118 cm³/mol. The van der Waals surface area contributed by atoms with Crippen LogP contribution < -0.4 is 10.3 Å². The summed E-state index contributed by atoms with van der Waals surface area (Å²) < 4.78 is 7.77. The Morgan fingerprint density at radius 2 is 1.93 bits per heavy atom. The van der Waals surface area contributed by atoms with E-state index < -0.39 is 0 Å². The molecule has 0 aliphatic carbocycles. The Morgan fingerprint density at radius 1 is 1.17 bits per heavy atom. The van der Waals surface area contributed by atoms with Gasteiger partial charge in [0.2, 0.25) is 0 Å². The van der Waals surface area contributed by atoms with Crippen LogP contribution in [0.2, 0.25) is 0 Å². The highest BCUT2D eigenvalue weighted by atomic mass is 32.2. The Bertz CT molecular complexity index is 1220. The number of H-pyrrole nitrogens is 1. The summed E-state index contributed by atoms with van der Waals surface area (Å²) >= 11 is 1.48. The molecule has 4 rings (SSSR count). The predicted octanol–water partition coefficient (Wildman–Crippen LogP) is 4.13. The van der Waals surface area contributed by atoms with Gasteiger partial charge in [0.1, 0.15) is 18.2 Å². The lowest BCUT2D eigenvalue weighted by atomic mass is 10.2. The van der Waals surface area contributed by atoms with Gasteiger partial charge in [0.25, 0.3) is 5.56 Å². The zero-order valence-electron chi connectivity index (χ0n) is 16.5. The number of ether oxygens (including phenoxy) is 1. The van der Waals surface area contributed by atoms with E-state index in [1.54, 1.807) is 12.1 Å². The average molecular weight is 420 g/mol. The molecular formula is C22H21N5O2S. The van der Waals surface area contributed by atoms with E-state index in [-0.39, 0.29) is 10.8 Å². The molecule has 0 aliphatic heterocycles. The molecule has 0 saturated carbocycles. The van der Waals surface area contributed by atoms with Crippen LogP contribution in [0.1, 0.15) is 23.8 Å². The molecule has 2 heterocycles. The Balaban J connectivity index is 1.56. The van der Waals surface area contributed by atoms with Crippen LogP contribution in [0.15, 0.2) is 77.2 Å². The summed E-state index contributed by atoms with van der Waals surface area (Å²) in [4.78, 5) is 19.9. The fourth-order valence-corrected chi connectivity index (χ4v) is 3.94. The Hall–Kier alpha value is -3.39. The van der Waals surface area contributed by atoms with E-state index >= 15 is 0 Å². The molecule has 0 aliphatic rings. The highest BCUT2D eigenvalue weighted by molar-refractivity contribution is 7.99. The number of rotatable bonds is 8. The molecule has 1 atom stereocenters. The number of hydrogen-bond acceptors (Lipinski definition) is 6. The third kappa shape index (κ3) is 4.28. The summed E-state index contributed by atoms with van der Waals surface area (Å²) in [5.41, 5.74) is 0.528. The molecular weight excluding hydrogens is 398 g/mol. The quantitative estimate of drug-likeness (QED) is 0.341. The molecule has 1 N–H and O–H groups in total. The summed E-state index contributed by atoms with van der Waals surface area (Å²) in [6, 6.07) is 16.9. The largest absolute Gasteiger partial charge is 0.486 e. The summed E-state index contributed by atoms with van der Waals surface area (Å²) in [6.45, 7) is 6.66. The summed E-state index contributed by atoms with van der Waals surface area (Å²) in [5.74, 6) is 2.07. The van der Waals surface area contributed by atoms with Gasteiger partial charge in [-0.05, 0) is 31.2 Å². The van der Waals surface area contributed by atoms with Gasteiger partial charge in [-0.25, -0.2) is 4.98 Å². The molecule has 0 radical (unpaired) electrons. The first-order valence-electron chi connectivity index (χ1n) is 9.52. The molecule has 1 unspecified atom stereocenters. The maximum Gasteiger partial charge on any atom is 0.258 e. The van der Waals surface area contributed by atoms with Crippen LogP contribution in [-0.4, -0.2) is 24.7 Å². The minimum atomic E-state index is -0.146. The van der Waals surface area contributed by atoms with Crippen LogP contribution in [-0.2, 0) is 13.2 Å². The van der Waals surface area contributed by atoms with Gasteiger partial charge in [-0.15, -0.1) is 16.8 Å². The number of para-hydroxylation sites is 2. The number of nitrogens with one attached hydrogen (secondary N) is 1. The summed E-state index contributed by atoms with van der Waals surface area (Å²) in [5, 5.41) is 9.78. The molecule has 7 nitrogen and oxygen atoms in total. The van der Waals surface area contributed by atoms with Crippen LogP contribution in [0, 0.1) is 0 Å². The van der Waals surface area contributed by atoms with Crippen molar-refractivity contribution in [2.24, 2.45) is 0 Å². The molecule has 0 saturated heterocycles. The number of nitrogens with zero attached hydrogens (tertiary/aromatic N) is 4. The molecule has 0 amide bonds. The third-order valence-electron chi connectivity index (χ3n) is 4.51. The molecule has 0 fully saturated rings. The van der Waals surface area contributed by atoms with Crippen molar-refractivity contribution >= 4 is 22.7 Å². The van der Waals surface area contributed by atoms with Crippen LogP contribution in [0.5, 0.6) is 5.75 Å². The van der Waals surface area contributed by atoms with Gasteiger partial charge in [0, 0.05) is 6.54 Å². The van der Waals surface area contributed by atoms with Crippen molar-refractivity contribution in [3.8, 4) is 5.75 Å². The lowest BCUT2D eigenvalue weighted by Crippen LogP contribution is -2.13. The normalized spacial score (nSPS) is 12.0. The molecule has 30 heavy (non-hydrogen) atoms. The second-order valence-electron chi connectivity index (χ2n) is 6.63. The van der Waals surface area contributed by atoms with Crippen molar-refractivity contribution < 1.29 is 4.74 Å². The van der Waals surface area contributed by atoms with Crippen molar-refractivity contribution in [3.63, 3.8) is 0 Å². The lowest BCUT2D eigenvalue weighted by Gasteiger charge is -2.13. The van der Waals surface area contributed by atoms with Gasteiger partial charge in [-0.1, -0.05) is 48.2 Å². The van der Waals surface area contributed by atoms with Gasteiger partial charge in [0.15, 0.2) is 11.0 Å². The van der Waals surface area contributed by atoms with Crippen LogP contribution in [0.4, 0.5) is 0 Å². The van der Waals surface area contributed by atoms with Crippen LogP contribution >= 0.6 is 11.8 Å². The van der Waals surface area contributed by atoms with E-state index in [0.29, 0.717) is 40.9 Å². The zero-order valence-corrected chi connectivity index (χ0v) is 17.3. The molecule has 0 spiro atoms. The van der Waals surface area contributed by atoms with Crippen molar-refractivity contribution in [1.29, 1.82) is 0 Å². The average Bonchev–Trinajstić information content (AvgIpc) is 3.14. The highest BCUT2D eigenvalue weighted by Crippen LogP contribution is 2.32. The van der Waals surface area contributed by atoms with Gasteiger partial charge < -0.3 is 9.72 Å². The minimum absolute atomic E-state index is 0.127. The van der Waals surface area contributed by atoms with Crippen molar-refractivity contribution in [3.05, 3.63) is 89.3 Å². The number of benzene rings is 2. The first-order chi connectivity index (χ1) is 14.7. The Kier molecular flexibility index (Phi) is 5.94. The fraction of sp³-hybridized carbons (Fsp3) is 0.182. The molecule has 4 aromatic rings. The third-order valence-corrected chi connectivity index (χ3v) is 5.60. The fourth-order valence-electron chi connectivity index (χ4n) is 3.00. The highest BCUT2D eigenvalue weighted by Gasteiger charge is 2.18. The second kappa shape index (κ2) is 8.96. The van der Waals surface area contributed by atoms with Crippen molar-refractivity contribution in [2.45, 2.75) is 30.5 Å². The number of allylic oxidation sites excluding steroid dienone is 1. The van der Waals surface area contributed by atoms with Gasteiger partial charge in [-0.2, -0.15) is 0 Å². The number of fused-ring (bicyclic) bond motifs is 1. The van der Waals surface area contributed by atoms with Crippen LogP contribution in [0.3, 0.4) is 0 Å². The minimum Gasteiger partial charge on any atom is -0.486 e. The summed E-state index contributed by atoms with van der Waals surface area (Å²) in [7, 11) is 0. The summed E-state index contributed by atoms with van der Waals surface area (Å²) in [6.07, 6.45) is 1.79. The van der Waals surface area contributed by atoms with E-state index in [2.05, 4.69) is 26.7 Å². The Morgan fingerprint density at radius 3 is 2.73 bits per heavy atom. The molecule has 2 aromatic carbocycles. The Labute approximate surface area is 177 Å². The lowest BCUT2D eigenvalue weighted by molar-refractivity contribution is 0.289. The van der Waals surface area contributed by atoms with Crippen molar-refractivity contribution in [1.82, 2.24) is 24.7 Å². The number of aromatic nitrogens is 5. The number of hydrogen-bond donors (Lipinski definition) is 1. The molecule has 2 aromatic heterocycles. The number of aromatic amines is 1. The van der Waals surface area contributed by atoms with E-state index in [1.807, 2.05) is 60.0 Å². The molecule has 0 bridgehead atoms. The van der Waals surface area contributed by atoms with Crippen LogP contribution in [0.25, 0.3) is 10.9 Å². The molecule has 152 valence electrons. The van der Waals surface area contributed by atoms with E-state index in [9.17, 15) is 4.79 Å². The number of thioether (sulfide) groups is 1. The first-order valence-corrected chi connectivity index (χ1v) is 10.4. The van der Waals surface area contributed by atoms with Crippen molar-refractivity contribution in [2.75, 3.05) is 0 Å². The van der Waals surface area contributed by atoms with Gasteiger partial charge in [0.05, 0.1) is 16.2 Å². The van der Waals surface area contributed by atoms with E-state index in [1.165, 1.54) is 11.8 Å². The molecule has 8 heteroatoms. The standard InChI is InChI=1S/C22H21N5O2S/c1-3-13-27-19(14-29-16-9-5-4-6-10-16)25-26-22(27)30-15(2)20-23-18-12-8-7-11-17(18)21(28)24-20/h3-12,15H,1,13-14H2,2H3,(H,23,24,28). The van der Waals surface area contributed by atoms with E-state index in [0.717, 1.165) is 5.75 Å². The maximum atomic E-state index is 12.4. The topological polar surface area (TPSA) is 85.7 Å². The second-order valence-corrected chi connectivity index (χ2v) is 7.94. The monoisotopic (exact) mass is 419 g/mol. The smallest absolute Gasteiger partial charge is 0.258 e. The zero-order chi connectivity index (χ0) is 20.9. The SMILES string of the molecule is C=CCn1c(COc2ccccc2)nnc1SC(C)c1nc2ccccc2c(=O)[nH]1.